The minimum Gasteiger partial charge on any atom is -0.476 e. The molecule has 0 saturated heterocycles. The molecular weight excluding hydrogens is 367 g/mol. The number of benzene rings is 1. The molecule has 0 aliphatic rings. The fourth-order valence-electron chi connectivity index (χ4n) is 2.40. The Morgan fingerprint density at radius 1 is 1.38 bits per heavy atom. The van der Waals surface area contributed by atoms with Crippen molar-refractivity contribution in [2.45, 2.75) is 6.92 Å². The van der Waals surface area contributed by atoms with E-state index in [4.69, 9.17) is 29.6 Å². The lowest BCUT2D eigenvalue weighted by Crippen LogP contribution is -2.03. The number of carbonyl (C=O) groups is 1. The molecule has 0 bridgehead atoms. The summed E-state index contributed by atoms with van der Waals surface area (Å²) in [6.45, 7) is 1.70. The summed E-state index contributed by atoms with van der Waals surface area (Å²) in [5.74, 6) is 1.50. The summed E-state index contributed by atoms with van der Waals surface area (Å²) in [5.41, 5.74) is 2.29. The van der Waals surface area contributed by atoms with Gasteiger partial charge < -0.3 is 5.11 Å². The van der Waals surface area contributed by atoms with Crippen molar-refractivity contribution in [2.24, 2.45) is 0 Å². The van der Waals surface area contributed by atoms with Gasteiger partial charge in [0.05, 0.1) is 21.3 Å². The smallest absolute Gasteiger partial charge is 0.356 e. The predicted molar refractivity (Wildman–Crippen MR) is 96.5 cm³/mol. The highest BCUT2D eigenvalue weighted by Gasteiger charge is 2.24. The fourth-order valence-corrected chi connectivity index (χ4v) is 3.83. The number of aromatic nitrogens is 2. The third kappa shape index (κ3) is 2.69. The van der Waals surface area contributed by atoms with Gasteiger partial charge >= 0.3 is 5.97 Å². The second-order valence-electron chi connectivity index (χ2n) is 4.94. The molecule has 4 nitrogen and oxygen atoms in total. The maximum atomic E-state index is 11.5. The minimum atomic E-state index is -1.11. The molecule has 2 heterocycles. The van der Waals surface area contributed by atoms with E-state index in [1.165, 1.54) is 16.0 Å². The molecule has 1 N–H and O–H groups in total. The number of aromatic carboxylic acids is 1. The number of nitrogens with zero attached hydrogens (tertiary/aromatic N) is 2. The van der Waals surface area contributed by atoms with Crippen LogP contribution in [0.5, 0.6) is 0 Å². The number of hydrogen-bond donors (Lipinski definition) is 1. The number of rotatable bonds is 3. The van der Waals surface area contributed by atoms with E-state index in [1.54, 1.807) is 31.2 Å². The Hall–Kier alpha value is -2.26. The Balaban J connectivity index is 2.36. The number of terminal acetylenes is 1. The Morgan fingerprint density at radius 3 is 2.75 bits per heavy atom. The van der Waals surface area contributed by atoms with Crippen LogP contribution in [0.4, 0.5) is 0 Å². The van der Waals surface area contributed by atoms with Crippen LogP contribution in [0.1, 0.15) is 21.6 Å². The molecule has 120 valence electrons. The SMILES string of the molecule is C#Cc1ccsc1-c1c(C)c(C(=O)O)nn1-c1ccc(Cl)cc1Cl. The average Bonchev–Trinajstić information content (AvgIpc) is 3.11. The number of thiophene rings is 1. The van der Waals surface area contributed by atoms with Gasteiger partial charge in [0.25, 0.3) is 0 Å². The van der Waals surface area contributed by atoms with Crippen molar-refractivity contribution in [2.75, 3.05) is 0 Å². The average molecular weight is 377 g/mol. The Morgan fingerprint density at radius 2 is 2.12 bits per heavy atom. The van der Waals surface area contributed by atoms with Crippen molar-refractivity contribution >= 4 is 40.5 Å². The zero-order valence-electron chi connectivity index (χ0n) is 12.4. The highest BCUT2D eigenvalue weighted by Crippen LogP contribution is 2.36. The van der Waals surface area contributed by atoms with Crippen molar-refractivity contribution in [3.05, 3.63) is 56.5 Å². The number of halogens is 2. The zero-order chi connectivity index (χ0) is 17.4. The second kappa shape index (κ2) is 6.33. The molecule has 3 rings (SSSR count). The molecule has 0 amide bonds. The van der Waals surface area contributed by atoms with Crippen LogP contribution in [-0.2, 0) is 0 Å². The Kier molecular flexibility index (Phi) is 4.37. The molecule has 7 heteroatoms. The molecule has 2 aromatic heterocycles. The minimum absolute atomic E-state index is 0.0487. The molecule has 0 fully saturated rings. The summed E-state index contributed by atoms with van der Waals surface area (Å²) < 4.78 is 1.50. The van der Waals surface area contributed by atoms with Crippen molar-refractivity contribution in [1.29, 1.82) is 0 Å². The first-order valence-corrected chi connectivity index (χ1v) is 8.40. The van der Waals surface area contributed by atoms with E-state index < -0.39 is 5.97 Å². The first-order chi connectivity index (χ1) is 11.4. The highest BCUT2D eigenvalue weighted by atomic mass is 35.5. The van der Waals surface area contributed by atoms with Crippen LogP contribution in [0.3, 0.4) is 0 Å². The van der Waals surface area contributed by atoms with Crippen LogP contribution in [0.2, 0.25) is 10.0 Å². The standard InChI is InChI=1S/C17H10Cl2N2O2S/c1-3-10-6-7-24-16(10)15-9(2)14(17(22)23)20-21(15)13-5-4-11(18)8-12(13)19/h1,4-8H,2H3,(H,22,23). The first-order valence-electron chi connectivity index (χ1n) is 6.77. The van der Waals surface area contributed by atoms with E-state index in [-0.39, 0.29) is 5.69 Å². The molecule has 0 atom stereocenters. The highest BCUT2D eigenvalue weighted by molar-refractivity contribution is 7.13. The number of carboxylic acids is 1. The monoisotopic (exact) mass is 376 g/mol. The van der Waals surface area contributed by atoms with Gasteiger partial charge in [0, 0.05) is 16.1 Å². The molecule has 24 heavy (non-hydrogen) atoms. The van der Waals surface area contributed by atoms with Crippen molar-refractivity contribution in [3.8, 4) is 28.6 Å². The topological polar surface area (TPSA) is 55.1 Å². The first kappa shape index (κ1) is 16.6. The summed E-state index contributed by atoms with van der Waals surface area (Å²) in [6, 6.07) is 6.74. The summed E-state index contributed by atoms with van der Waals surface area (Å²) in [5, 5.41) is 16.3. The molecule has 3 aromatic rings. The third-order valence-corrected chi connectivity index (χ3v) is 4.96. The number of carboxylic acid groups (broad SMARTS) is 1. The second-order valence-corrected chi connectivity index (χ2v) is 6.70. The summed E-state index contributed by atoms with van der Waals surface area (Å²) >= 11 is 13.6. The van der Waals surface area contributed by atoms with Crippen molar-refractivity contribution in [3.63, 3.8) is 0 Å². The summed E-state index contributed by atoms with van der Waals surface area (Å²) in [6.07, 6.45) is 5.55. The largest absolute Gasteiger partial charge is 0.476 e. The van der Waals surface area contributed by atoms with Crippen LogP contribution in [0.25, 0.3) is 16.3 Å². The van der Waals surface area contributed by atoms with Gasteiger partial charge in [0.2, 0.25) is 0 Å². The number of hydrogen-bond acceptors (Lipinski definition) is 3. The lowest BCUT2D eigenvalue weighted by molar-refractivity contribution is 0.0689. The van der Waals surface area contributed by atoms with E-state index in [0.717, 1.165) is 4.88 Å². The molecular formula is C17H10Cl2N2O2S. The molecule has 0 saturated carbocycles. The van der Waals surface area contributed by atoms with Crippen LogP contribution in [0.15, 0.2) is 29.6 Å². The lowest BCUT2D eigenvalue weighted by Gasteiger charge is -2.10. The van der Waals surface area contributed by atoms with Crippen LogP contribution >= 0.6 is 34.5 Å². The van der Waals surface area contributed by atoms with Gasteiger partial charge in [-0.05, 0) is 36.6 Å². The van der Waals surface area contributed by atoms with Gasteiger partial charge in [-0.25, -0.2) is 9.48 Å². The molecule has 0 unspecified atom stereocenters. The van der Waals surface area contributed by atoms with E-state index in [9.17, 15) is 9.90 Å². The fraction of sp³-hybridized carbons (Fsp3) is 0.0588. The van der Waals surface area contributed by atoms with Crippen LogP contribution in [-0.4, -0.2) is 20.9 Å². The zero-order valence-corrected chi connectivity index (χ0v) is 14.7. The lowest BCUT2D eigenvalue weighted by atomic mass is 10.1. The molecule has 0 aliphatic carbocycles. The Labute approximate surface area is 152 Å². The van der Waals surface area contributed by atoms with E-state index in [0.29, 0.717) is 32.6 Å². The van der Waals surface area contributed by atoms with Crippen molar-refractivity contribution in [1.82, 2.24) is 9.78 Å². The molecule has 1 aromatic carbocycles. The summed E-state index contributed by atoms with van der Waals surface area (Å²) in [4.78, 5) is 12.3. The third-order valence-electron chi connectivity index (χ3n) is 3.50. The van der Waals surface area contributed by atoms with Gasteiger partial charge in [0.15, 0.2) is 5.69 Å². The predicted octanol–water partition coefficient (Wildman–Crippen LogP) is 4.90. The van der Waals surface area contributed by atoms with Crippen molar-refractivity contribution < 1.29 is 9.90 Å². The summed E-state index contributed by atoms with van der Waals surface area (Å²) in [7, 11) is 0. The molecule has 0 radical (unpaired) electrons. The quantitative estimate of drug-likeness (QED) is 0.661. The van der Waals surface area contributed by atoms with Gasteiger partial charge in [-0.15, -0.1) is 17.8 Å². The maximum Gasteiger partial charge on any atom is 0.356 e. The van der Waals surface area contributed by atoms with Gasteiger partial charge in [-0.2, -0.15) is 5.10 Å². The molecule has 0 aliphatic heterocycles. The van der Waals surface area contributed by atoms with Gasteiger partial charge in [0.1, 0.15) is 0 Å². The van der Waals surface area contributed by atoms with E-state index >= 15 is 0 Å². The van der Waals surface area contributed by atoms with E-state index in [2.05, 4.69) is 11.0 Å². The maximum absolute atomic E-state index is 11.5. The van der Waals surface area contributed by atoms with Crippen LogP contribution in [0, 0.1) is 19.3 Å². The van der Waals surface area contributed by atoms with Crippen LogP contribution < -0.4 is 0 Å². The van der Waals surface area contributed by atoms with Gasteiger partial charge in [-0.1, -0.05) is 29.1 Å². The normalized spacial score (nSPS) is 10.6. The Bertz CT molecular complexity index is 999. The van der Waals surface area contributed by atoms with E-state index in [1.807, 2.05) is 5.38 Å². The van der Waals surface area contributed by atoms with Gasteiger partial charge in [-0.3, -0.25) is 0 Å². The molecule has 0 spiro atoms.